The molecule has 0 bridgehead atoms. The van der Waals surface area contributed by atoms with E-state index < -0.39 is 15.9 Å². The summed E-state index contributed by atoms with van der Waals surface area (Å²) in [5, 5.41) is 3.85. The Bertz CT molecular complexity index is 1490. The molecule has 9 nitrogen and oxygen atoms in total. The second-order valence-electron chi connectivity index (χ2n) is 9.09. The minimum atomic E-state index is -4.22. The molecular weight excluding hydrogens is 483 g/mol. The minimum absolute atomic E-state index is 0.0905. The van der Waals surface area contributed by atoms with Gasteiger partial charge in [0.2, 0.25) is 5.91 Å². The fourth-order valence-electron chi connectivity index (χ4n) is 4.55. The molecule has 0 fully saturated rings. The number of hydrogen-bond acceptors (Lipinski definition) is 6. The maximum Gasteiger partial charge on any atom is 0.283 e. The smallest absolute Gasteiger partial charge is 0.283 e. The maximum absolute atomic E-state index is 14.9. The van der Waals surface area contributed by atoms with Crippen LogP contribution in [-0.4, -0.2) is 48.1 Å². The summed E-state index contributed by atoms with van der Waals surface area (Å²) in [6, 6.07) is 5.89. The lowest BCUT2D eigenvalue weighted by molar-refractivity contribution is -0.118. The van der Waals surface area contributed by atoms with Crippen LogP contribution >= 0.6 is 0 Å². The summed E-state index contributed by atoms with van der Waals surface area (Å²) < 4.78 is 44.5. The van der Waals surface area contributed by atoms with Crippen molar-refractivity contribution < 1.29 is 17.6 Å². The summed E-state index contributed by atoms with van der Waals surface area (Å²) in [5.74, 6) is -0.972. The van der Waals surface area contributed by atoms with Gasteiger partial charge in [-0.2, -0.15) is 13.5 Å². The number of nitrogens with one attached hydrogen (secondary N) is 1. The highest BCUT2D eigenvalue weighted by atomic mass is 32.2. The van der Waals surface area contributed by atoms with Gasteiger partial charge in [0.25, 0.3) is 15.8 Å². The zero-order valence-corrected chi connectivity index (χ0v) is 21.4. The number of hydrogen-bond donors (Lipinski definition) is 1. The molecular formula is C25H27FN6O3S. The first kappa shape index (κ1) is 25.5. The average Bonchev–Trinajstić information content (AvgIpc) is 3.48. The molecule has 36 heavy (non-hydrogen) atoms. The molecule has 1 unspecified atom stereocenters. The molecule has 0 saturated heterocycles. The molecule has 2 heterocycles. The first-order valence-corrected chi connectivity index (χ1v) is 12.9. The van der Waals surface area contributed by atoms with Crippen LogP contribution in [0.15, 0.2) is 35.5 Å². The van der Waals surface area contributed by atoms with Gasteiger partial charge in [-0.1, -0.05) is 6.57 Å². The number of nitrogens with zero attached hydrogens (tertiary/aromatic N) is 5. The molecule has 11 heteroatoms. The predicted octanol–water partition coefficient (Wildman–Crippen LogP) is 3.33. The van der Waals surface area contributed by atoms with Gasteiger partial charge >= 0.3 is 0 Å². The standard InChI is InChI=1S/C25H27FN6O3S/c1-15(31(3)4)22-14-25(29-32(22)5)36(34,35)30-24(33)13-20-17-7-6-8-18(17)21(26)12-19(20)16-9-10-28-23(11-16)27-2/h9-12,14-15H,6-8,13H2,1,3-5H3,(H,30,33). The van der Waals surface area contributed by atoms with E-state index in [1.807, 2.05) is 25.9 Å². The normalized spacial score (nSPS) is 13.9. The third kappa shape index (κ3) is 4.87. The minimum Gasteiger partial charge on any atom is -0.361 e. The average molecular weight is 511 g/mol. The highest BCUT2D eigenvalue weighted by Gasteiger charge is 2.28. The second kappa shape index (κ2) is 9.79. The molecule has 3 aromatic rings. The van der Waals surface area contributed by atoms with E-state index >= 15 is 0 Å². The number of pyridine rings is 1. The number of aryl methyl sites for hydroxylation is 1. The van der Waals surface area contributed by atoms with E-state index in [9.17, 15) is 17.6 Å². The quantitative estimate of drug-likeness (QED) is 0.490. The van der Waals surface area contributed by atoms with E-state index in [0.29, 0.717) is 40.8 Å². The van der Waals surface area contributed by atoms with Crippen molar-refractivity contribution in [2.75, 3.05) is 14.1 Å². The Morgan fingerprint density at radius 1 is 1.28 bits per heavy atom. The second-order valence-corrected chi connectivity index (χ2v) is 10.7. The number of amides is 1. The summed E-state index contributed by atoms with van der Waals surface area (Å²) in [7, 11) is 1.17. The van der Waals surface area contributed by atoms with Crippen molar-refractivity contribution in [1.82, 2.24) is 24.4 Å². The van der Waals surface area contributed by atoms with Gasteiger partial charge < -0.3 is 9.74 Å². The Kier molecular flexibility index (Phi) is 6.93. The first-order chi connectivity index (χ1) is 17.0. The lowest BCUT2D eigenvalue weighted by Crippen LogP contribution is -2.32. The molecule has 1 aliphatic carbocycles. The SMILES string of the molecule is [C-]#[N+]c1cc(-c2cc(F)c3c(c2CC(=O)NS(=O)(=O)c2cc(C(C)N(C)C)n(C)n2)CCC3)ccn1. The van der Waals surface area contributed by atoms with Crippen molar-refractivity contribution in [3.8, 4) is 11.1 Å². The van der Waals surface area contributed by atoms with Crippen LogP contribution in [0.1, 0.15) is 41.8 Å². The van der Waals surface area contributed by atoms with Gasteiger partial charge in [-0.15, -0.1) is 4.98 Å². The largest absolute Gasteiger partial charge is 0.361 e. The Labute approximate surface area is 209 Å². The van der Waals surface area contributed by atoms with Crippen molar-refractivity contribution in [3.63, 3.8) is 0 Å². The number of rotatable bonds is 7. The van der Waals surface area contributed by atoms with E-state index in [0.717, 1.165) is 12.0 Å². The van der Waals surface area contributed by atoms with E-state index in [1.165, 1.54) is 29.1 Å². The monoisotopic (exact) mass is 510 g/mol. The van der Waals surface area contributed by atoms with Gasteiger partial charge in [-0.3, -0.25) is 9.48 Å². The molecule has 4 rings (SSSR count). The Hall–Kier alpha value is -3.62. The summed E-state index contributed by atoms with van der Waals surface area (Å²) in [5.41, 5.74) is 3.51. The Morgan fingerprint density at radius 3 is 2.69 bits per heavy atom. The highest BCUT2D eigenvalue weighted by molar-refractivity contribution is 7.90. The van der Waals surface area contributed by atoms with Gasteiger partial charge in [0.05, 0.1) is 12.1 Å². The first-order valence-electron chi connectivity index (χ1n) is 11.4. The van der Waals surface area contributed by atoms with E-state index in [-0.39, 0.29) is 29.1 Å². The number of sulfonamides is 1. The third-order valence-electron chi connectivity index (χ3n) is 6.59. The van der Waals surface area contributed by atoms with Crippen LogP contribution < -0.4 is 4.72 Å². The highest BCUT2D eigenvalue weighted by Crippen LogP contribution is 2.36. The van der Waals surface area contributed by atoms with Crippen LogP contribution in [0.2, 0.25) is 0 Å². The van der Waals surface area contributed by atoms with Gasteiger partial charge in [0, 0.05) is 19.2 Å². The van der Waals surface area contributed by atoms with Gasteiger partial charge in [0.1, 0.15) is 12.0 Å². The molecule has 0 saturated carbocycles. The molecule has 0 spiro atoms. The fourth-order valence-corrected chi connectivity index (χ4v) is 5.53. The molecule has 1 atom stereocenters. The molecule has 0 aliphatic heterocycles. The number of benzene rings is 1. The zero-order chi connectivity index (χ0) is 26.2. The number of fused-ring (bicyclic) bond motifs is 1. The molecule has 188 valence electrons. The van der Waals surface area contributed by atoms with Gasteiger partial charge in [-0.25, -0.2) is 9.11 Å². The van der Waals surface area contributed by atoms with Crippen LogP contribution in [0.3, 0.4) is 0 Å². The van der Waals surface area contributed by atoms with Crippen molar-refractivity contribution in [1.29, 1.82) is 0 Å². The number of aromatic nitrogens is 3. The zero-order valence-electron chi connectivity index (χ0n) is 20.5. The number of carbonyl (C=O) groups is 1. The van der Waals surface area contributed by atoms with Crippen LogP contribution in [0.4, 0.5) is 10.2 Å². The Morgan fingerprint density at radius 2 is 2.00 bits per heavy atom. The molecule has 0 radical (unpaired) electrons. The lowest BCUT2D eigenvalue weighted by Gasteiger charge is -2.19. The maximum atomic E-state index is 14.9. The van der Waals surface area contributed by atoms with Crippen molar-refractivity contribution in [3.05, 3.63) is 70.1 Å². The van der Waals surface area contributed by atoms with Crippen molar-refractivity contribution >= 4 is 21.7 Å². The van der Waals surface area contributed by atoms with Crippen molar-refractivity contribution in [2.24, 2.45) is 7.05 Å². The van der Waals surface area contributed by atoms with E-state index in [4.69, 9.17) is 6.57 Å². The summed E-state index contributed by atoms with van der Waals surface area (Å²) >= 11 is 0. The lowest BCUT2D eigenvalue weighted by atomic mass is 9.91. The third-order valence-corrected chi connectivity index (χ3v) is 7.84. The number of halogens is 1. The van der Waals surface area contributed by atoms with Crippen LogP contribution in [-0.2, 0) is 41.1 Å². The number of carbonyl (C=O) groups excluding carboxylic acids is 1. The topological polar surface area (TPSA) is 102 Å². The molecule has 2 aromatic heterocycles. The van der Waals surface area contributed by atoms with Gasteiger partial charge in [-0.05, 0) is 86.3 Å². The van der Waals surface area contributed by atoms with Crippen LogP contribution in [0, 0.1) is 12.4 Å². The summed E-state index contributed by atoms with van der Waals surface area (Å²) in [6.45, 7) is 9.15. The molecule has 1 aromatic carbocycles. The Balaban J connectivity index is 1.67. The molecule has 1 amide bonds. The summed E-state index contributed by atoms with van der Waals surface area (Å²) in [6.07, 6.45) is 3.07. The van der Waals surface area contributed by atoms with E-state index in [2.05, 4.69) is 19.6 Å². The van der Waals surface area contributed by atoms with Crippen LogP contribution in [0.25, 0.3) is 16.0 Å². The van der Waals surface area contributed by atoms with E-state index in [1.54, 1.807) is 13.1 Å². The fraction of sp³-hybridized carbons (Fsp3) is 0.360. The van der Waals surface area contributed by atoms with Gasteiger partial charge in [0.15, 0.2) is 5.03 Å². The van der Waals surface area contributed by atoms with Crippen molar-refractivity contribution in [2.45, 2.75) is 43.7 Å². The summed E-state index contributed by atoms with van der Waals surface area (Å²) in [4.78, 5) is 22.3. The van der Waals surface area contributed by atoms with Crippen LogP contribution in [0.5, 0.6) is 0 Å². The molecule has 1 N–H and O–H groups in total. The molecule has 1 aliphatic rings. The predicted molar refractivity (Wildman–Crippen MR) is 132 cm³/mol.